The highest BCUT2D eigenvalue weighted by molar-refractivity contribution is 6.34. The van der Waals surface area contributed by atoms with Crippen LogP contribution in [-0.4, -0.2) is 42.6 Å². The number of rotatable bonds is 3. The average molecular weight is 429 g/mol. The summed E-state index contributed by atoms with van der Waals surface area (Å²) in [6, 6.07) is 7.69. The number of carbonyl (C=O) groups is 2. The monoisotopic (exact) mass is 428 g/mol. The van der Waals surface area contributed by atoms with Gasteiger partial charge in [-0.05, 0) is 36.6 Å². The SMILES string of the molecule is Cc1ccn(C)c(=O)c1N1CCN(c2cccc(C3CCC(=O)NC3=O)c2Cl)CC1. The smallest absolute Gasteiger partial charge is 0.274 e. The summed E-state index contributed by atoms with van der Waals surface area (Å²) < 4.78 is 1.61. The zero-order valence-corrected chi connectivity index (χ0v) is 17.9. The number of benzene rings is 1. The molecular formula is C22H25ClN4O3. The van der Waals surface area contributed by atoms with E-state index in [1.807, 2.05) is 31.2 Å². The summed E-state index contributed by atoms with van der Waals surface area (Å²) in [5.74, 6) is -0.932. The van der Waals surface area contributed by atoms with E-state index in [1.54, 1.807) is 17.8 Å². The maximum absolute atomic E-state index is 12.6. The van der Waals surface area contributed by atoms with Gasteiger partial charge in [-0.3, -0.25) is 19.7 Å². The summed E-state index contributed by atoms with van der Waals surface area (Å²) in [6.45, 7) is 4.81. The second kappa shape index (κ2) is 8.14. The number of piperazine rings is 1. The van der Waals surface area contributed by atoms with Crippen molar-refractivity contribution in [2.45, 2.75) is 25.7 Å². The molecule has 1 atom stereocenters. The van der Waals surface area contributed by atoms with Crippen LogP contribution < -0.4 is 20.7 Å². The van der Waals surface area contributed by atoms with E-state index in [2.05, 4.69) is 15.1 Å². The second-order valence-corrected chi connectivity index (χ2v) is 8.30. The lowest BCUT2D eigenvalue weighted by Crippen LogP contribution is -2.48. The molecule has 2 aromatic rings. The highest BCUT2D eigenvalue weighted by Gasteiger charge is 2.31. The van der Waals surface area contributed by atoms with Gasteiger partial charge >= 0.3 is 0 Å². The number of carbonyl (C=O) groups excluding carboxylic acids is 2. The molecule has 2 aliphatic heterocycles. The quantitative estimate of drug-likeness (QED) is 0.758. The third kappa shape index (κ3) is 3.69. The standard InChI is InChI=1S/C22H25ClN4O3/c1-14-8-9-25(2)22(30)20(14)27-12-10-26(11-13-27)17-5-3-4-15(19(17)23)16-6-7-18(28)24-21(16)29/h3-5,8-9,16H,6-7,10-13H2,1-2H3,(H,24,28,29). The van der Waals surface area contributed by atoms with E-state index in [1.165, 1.54) is 0 Å². The lowest BCUT2D eigenvalue weighted by atomic mass is 9.90. The topological polar surface area (TPSA) is 74.7 Å². The second-order valence-electron chi connectivity index (χ2n) is 7.92. The van der Waals surface area contributed by atoms with Gasteiger partial charge in [-0.25, -0.2) is 0 Å². The average Bonchev–Trinajstić information content (AvgIpc) is 2.72. The van der Waals surface area contributed by atoms with Gasteiger partial charge < -0.3 is 14.4 Å². The summed E-state index contributed by atoms with van der Waals surface area (Å²) in [5, 5.41) is 2.97. The Morgan fingerprint density at radius 3 is 2.43 bits per heavy atom. The minimum absolute atomic E-state index is 0.0151. The summed E-state index contributed by atoms with van der Waals surface area (Å²) in [5.41, 5.74) is 3.39. The summed E-state index contributed by atoms with van der Waals surface area (Å²) >= 11 is 6.73. The maximum Gasteiger partial charge on any atom is 0.274 e. The number of aromatic nitrogens is 1. The molecule has 1 N–H and O–H groups in total. The number of aryl methyl sites for hydroxylation is 2. The Bertz CT molecular complexity index is 1060. The van der Waals surface area contributed by atoms with E-state index in [-0.39, 0.29) is 17.4 Å². The molecule has 158 valence electrons. The Labute approximate surface area is 180 Å². The number of pyridine rings is 1. The van der Waals surface area contributed by atoms with Gasteiger partial charge in [-0.1, -0.05) is 23.7 Å². The molecule has 30 heavy (non-hydrogen) atoms. The Balaban J connectivity index is 1.53. The molecule has 1 aromatic heterocycles. The number of halogens is 1. The van der Waals surface area contributed by atoms with E-state index in [9.17, 15) is 14.4 Å². The molecule has 4 rings (SSSR count). The van der Waals surface area contributed by atoms with Crippen LogP contribution in [0.2, 0.25) is 5.02 Å². The normalized spacial score (nSPS) is 19.8. The van der Waals surface area contributed by atoms with Crippen molar-refractivity contribution in [2.24, 2.45) is 7.05 Å². The number of amides is 2. The molecule has 7 nitrogen and oxygen atoms in total. The molecule has 2 saturated heterocycles. The van der Waals surface area contributed by atoms with Crippen molar-refractivity contribution in [1.82, 2.24) is 9.88 Å². The minimum atomic E-state index is -0.411. The molecule has 2 amide bonds. The molecule has 0 bridgehead atoms. The van der Waals surface area contributed by atoms with Crippen LogP contribution >= 0.6 is 11.6 Å². The molecule has 3 heterocycles. The molecule has 8 heteroatoms. The highest BCUT2D eigenvalue weighted by atomic mass is 35.5. The van der Waals surface area contributed by atoms with Crippen molar-refractivity contribution >= 4 is 34.8 Å². The van der Waals surface area contributed by atoms with Crippen molar-refractivity contribution < 1.29 is 9.59 Å². The molecule has 1 unspecified atom stereocenters. The first-order valence-electron chi connectivity index (χ1n) is 10.1. The van der Waals surface area contributed by atoms with Gasteiger partial charge in [-0.15, -0.1) is 0 Å². The molecule has 0 aliphatic carbocycles. The van der Waals surface area contributed by atoms with Gasteiger partial charge in [0, 0.05) is 45.8 Å². The van der Waals surface area contributed by atoms with Gasteiger partial charge in [0.1, 0.15) is 5.69 Å². The number of nitrogens with zero attached hydrogens (tertiary/aromatic N) is 3. The fourth-order valence-electron chi connectivity index (χ4n) is 4.30. The molecule has 0 saturated carbocycles. The van der Waals surface area contributed by atoms with E-state index in [4.69, 9.17) is 11.6 Å². The van der Waals surface area contributed by atoms with E-state index in [0.717, 1.165) is 35.6 Å². The fourth-order valence-corrected chi connectivity index (χ4v) is 4.68. The van der Waals surface area contributed by atoms with E-state index >= 15 is 0 Å². The number of hydrogen-bond acceptors (Lipinski definition) is 5. The Hall–Kier alpha value is -2.80. The van der Waals surface area contributed by atoms with Crippen molar-refractivity contribution in [2.75, 3.05) is 36.0 Å². The van der Waals surface area contributed by atoms with Crippen LogP contribution in [0.3, 0.4) is 0 Å². The molecule has 2 fully saturated rings. The van der Waals surface area contributed by atoms with Gasteiger partial charge in [0.2, 0.25) is 11.8 Å². The summed E-state index contributed by atoms with van der Waals surface area (Å²) in [4.78, 5) is 40.7. The van der Waals surface area contributed by atoms with Crippen molar-refractivity contribution in [3.63, 3.8) is 0 Å². The Morgan fingerprint density at radius 1 is 1.03 bits per heavy atom. The van der Waals surface area contributed by atoms with Gasteiger partial charge in [0.15, 0.2) is 0 Å². The number of nitrogens with one attached hydrogen (secondary N) is 1. The minimum Gasteiger partial charge on any atom is -0.367 e. The molecular weight excluding hydrogens is 404 g/mol. The highest BCUT2D eigenvalue weighted by Crippen LogP contribution is 2.37. The van der Waals surface area contributed by atoms with Crippen molar-refractivity contribution in [3.8, 4) is 0 Å². The lowest BCUT2D eigenvalue weighted by Gasteiger charge is -2.38. The van der Waals surface area contributed by atoms with E-state index in [0.29, 0.717) is 31.0 Å². The number of anilines is 2. The predicted molar refractivity (Wildman–Crippen MR) is 117 cm³/mol. The molecule has 2 aliphatic rings. The number of piperidine rings is 1. The first-order valence-corrected chi connectivity index (χ1v) is 10.5. The fraction of sp³-hybridized carbons (Fsp3) is 0.409. The lowest BCUT2D eigenvalue weighted by molar-refractivity contribution is -0.134. The number of hydrogen-bond donors (Lipinski definition) is 1. The van der Waals surface area contributed by atoms with Crippen LogP contribution in [-0.2, 0) is 16.6 Å². The Kier molecular flexibility index (Phi) is 5.56. The largest absolute Gasteiger partial charge is 0.367 e. The number of imide groups is 1. The van der Waals surface area contributed by atoms with Gasteiger partial charge in [0.05, 0.1) is 16.6 Å². The molecule has 0 spiro atoms. The first kappa shape index (κ1) is 20.5. The Morgan fingerprint density at radius 2 is 1.73 bits per heavy atom. The summed E-state index contributed by atoms with van der Waals surface area (Å²) in [6.07, 6.45) is 2.58. The zero-order chi connectivity index (χ0) is 21.4. The van der Waals surface area contributed by atoms with Gasteiger partial charge in [0.25, 0.3) is 5.56 Å². The predicted octanol–water partition coefficient (Wildman–Crippen LogP) is 2.19. The maximum atomic E-state index is 12.6. The van der Waals surface area contributed by atoms with Crippen LogP contribution in [0, 0.1) is 6.92 Å². The van der Waals surface area contributed by atoms with Crippen molar-refractivity contribution in [3.05, 3.63) is 57.0 Å². The van der Waals surface area contributed by atoms with Crippen molar-refractivity contribution in [1.29, 1.82) is 0 Å². The third-order valence-corrected chi connectivity index (χ3v) is 6.42. The zero-order valence-electron chi connectivity index (χ0n) is 17.2. The first-order chi connectivity index (χ1) is 14.4. The van der Waals surface area contributed by atoms with Crippen LogP contribution in [0.5, 0.6) is 0 Å². The van der Waals surface area contributed by atoms with Crippen LogP contribution in [0.25, 0.3) is 0 Å². The summed E-state index contributed by atoms with van der Waals surface area (Å²) in [7, 11) is 1.77. The van der Waals surface area contributed by atoms with Crippen LogP contribution in [0.15, 0.2) is 35.3 Å². The molecule has 1 aromatic carbocycles. The molecule has 0 radical (unpaired) electrons. The van der Waals surface area contributed by atoms with Crippen LogP contribution in [0.1, 0.15) is 29.9 Å². The third-order valence-electron chi connectivity index (χ3n) is 6.00. The van der Waals surface area contributed by atoms with E-state index < -0.39 is 5.92 Å². The van der Waals surface area contributed by atoms with Gasteiger partial charge in [-0.2, -0.15) is 0 Å². The van der Waals surface area contributed by atoms with Crippen LogP contribution in [0.4, 0.5) is 11.4 Å².